The van der Waals surface area contributed by atoms with Crippen LogP contribution in [0.5, 0.6) is 0 Å². The van der Waals surface area contributed by atoms with Crippen molar-refractivity contribution in [1.29, 1.82) is 0 Å². The molecular weight excluding hydrogens is 294 g/mol. The summed E-state index contributed by atoms with van der Waals surface area (Å²) in [4.78, 5) is 24.8. The standard InChI is InChI=1S/C14H13NO5S/c16-13(11-5-10(7-20-11)14(17)18)15-2-3-19-12(6-15)9-1-4-21-8-9/h1,4-5,7-8,12H,2-3,6H2,(H,17,18). The Morgan fingerprint density at radius 3 is 2.95 bits per heavy atom. The first-order valence-electron chi connectivity index (χ1n) is 6.40. The lowest BCUT2D eigenvalue weighted by Gasteiger charge is -2.32. The fraction of sp³-hybridized carbons (Fsp3) is 0.286. The molecule has 3 rings (SSSR count). The minimum absolute atomic E-state index is 0.0269. The van der Waals surface area contributed by atoms with Gasteiger partial charge in [0.2, 0.25) is 0 Å². The lowest BCUT2D eigenvalue weighted by atomic mass is 10.1. The third-order valence-corrected chi connectivity index (χ3v) is 4.03. The normalized spacial score (nSPS) is 18.7. The van der Waals surface area contributed by atoms with Crippen LogP contribution in [0.1, 0.15) is 32.6 Å². The zero-order valence-electron chi connectivity index (χ0n) is 11.0. The first-order chi connectivity index (χ1) is 10.1. The SMILES string of the molecule is O=C(O)c1coc(C(=O)N2CCOC(c3ccsc3)C2)c1. The second-order valence-electron chi connectivity index (χ2n) is 4.67. The molecule has 1 aliphatic heterocycles. The first kappa shape index (κ1) is 13.8. The number of nitrogens with zero attached hydrogens (tertiary/aromatic N) is 1. The molecule has 1 fully saturated rings. The number of carbonyl (C=O) groups is 2. The Morgan fingerprint density at radius 1 is 1.43 bits per heavy atom. The number of aromatic carboxylic acids is 1. The van der Waals surface area contributed by atoms with Crippen molar-refractivity contribution < 1.29 is 23.8 Å². The number of rotatable bonds is 3. The molecule has 0 spiro atoms. The van der Waals surface area contributed by atoms with Crippen LogP contribution in [-0.4, -0.2) is 41.6 Å². The number of furan rings is 1. The van der Waals surface area contributed by atoms with E-state index >= 15 is 0 Å². The number of carboxylic acids is 1. The lowest BCUT2D eigenvalue weighted by molar-refractivity contribution is -0.0235. The van der Waals surface area contributed by atoms with E-state index < -0.39 is 5.97 Å². The van der Waals surface area contributed by atoms with Gasteiger partial charge in [-0.2, -0.15) is 11.3 Å². The predicted molar refractivity (Wildman–Crippen MR) is 74.6 cm³/mol. The van der Waals surface area contributed by atoms with Gasteiger partial charge in [0.05, 0.1) is 18.7 Å². The number of hydrogen-bond acceptors (Lipinski definition) is 5. The molecule has 1 aliphatic rings. The summed E-state index contributed by atoms with van der Waals surface area (Å²) in [6.07, 6.45) is 0.926. The Morgan fingerprint density at radius 2 is 2.29 bits per heavy atom. The van der Waals surface area contributed by atoms with E-state index in [1.54, 1.807) is 16.2 Å². The summed E-state index contributed by atoms with van der Waals surface area (Å²) in [7, 11) is 0. The summed E-state index contributed by atoms with van der Waals surface area (Å²) in [5.41, 5.74) is 1.02. The molecule has 0 aromatic carbocycles. The van der Waals surface area contributed by atoms with Crippen LogP contribution in [0.3, 0.4) is 0 Å². The van der Waals surface area contributed by atoms with E-state index in [1.165, 1.54) is 6.07 Å². The highest BCUT2D eigenvalue weighted by atomic mass is 32.1. The molecule has 2 aromatic heterocycles. The molecule has 2 aromatic rings. The van der Waals surface area contributed by atoms with Gasteiger partial charge in [-0.3, -0.25) is 4.79 Å². The van der Waals surface area contributed by atoms with E-state index in [0.717, 1.165) is 11.8 Å². The molecule has 3 heterocycles. The number of ether oxygens (including phenoxy) is 1. The Kier molecular flexibility index (Phi) is 3.76. The summed E-state index contributed by atoms with van der Waals surface area (Å²) in [6.45, 7) is 1.33. The van der Waals surface area contributed by atoms with Crippen LogP contribution >= 0.6 is 11.3 Å². The Labute approximate surface area is 124 Å². The average molecular weight is 307 g/mol. The van der Waals surface area contributed by atoms with Crippen LogP contribution < -0.4 is 0 Å². The molecule has 21 heavy (non-hydrogen) atoms. The number of carbonyl (C=O) groups excluding carboxylic acids is 1. The molecule has 1 amide bonds. The molecule has 1 atom stereocenters. The summed E-state index contributed by atoms with van der Waals surface area (Å²) >= 11 is 1.58. The van der Waals surface area contributed by atoms with E-state index in [-0.39, 0.29) is 23.3 Å². The third-order valence-electron chi connectivity index (χ3n) is 3.33. The first-order valence-corrected chi connectivity index (χ1v) is 7.34. The zero-order valence-corrected chi connectivity index (χ0v) is 11.8. The van der Waals surface area contributed by atoms with E-state index in [1.807, 2.05) is 16.8 Å². The second-order valence-corrected chi connectivity index (χ2v) is 5.45. The maximum Gasteiger partial charge on any atom is 0.338 e. The Hall–Kier alpha value is -2.12. The van der Waals surface area contributed by atoms with Gasteiger partial charge in [0.25, 0.3) is 5.91 Å². The van der Waals surface area contributed by atoms with E-state index in [0.29, 0.717) is 19.7 Å². The highest BCUT2D eigenvalue weighted by molar-refractivity contribution is 7.07. The van der Waals surface area contributed by atoms with Crippen molar-refractivity contribution in [2.45, 2.75) is 6.10 Å². The maximum absolute atomic E-state index is 12.3. The monoisotopic (exact) mass is 307 g/mol. The molecule has 1 N–H and O–H groups in total. The Bertz CT molecular complexity index is 648. The minimum atomic E-state index is -1.11. The van der Waals surface area contributed by atoms with Gasteiger partial charge in [0.1, 0.15) is 12.4 Å². The number of thiophene rings is 1. The van der Waals surface area contributed by atoms with Crippen molar-refractivity contribution in [3.05, 3.63) is 46.0 Å². The average Bonchev–Trinajstić information content (AvgIpc) is 3.18. The summed E-state index contributed by atoms with van der Waals surface area (Å²) in [5.74, 6) is -1.39. The summed E-state index contributed by atoms with van der Waals surface area (Å²) < 4.78 is 10.7. The minimum Gasteiger partial charge on any atom is -0.478 e. The van der Waals surface area contributed by atoms with Gasteiger partial charge in [-0.25, -0.2) is 4.79 Å². The number of hydrogen-bond donors (Lipinski definition) is 1. The largest absolute Gasteiger partial charge is 0.478 e. The smallest absolute Gasteiger partial charge is 0.338 e. The van der Waals surface area contributed by atoms with Crippen LogP contribution in [0.25, 0.3) is 0 Å². The molecule has 6 nitrogen and oxygen atoms in total. The molecule has 0 radical (unpaired) electrons. The third kappa shape index (κ3) is 2.84. The van der Waals surface area contributed by atoms with Crippen LogP contribution in [0.2, 0.25) is 0 Å². The van der Waals surface area contributed by atoms with E-state index in [2.05, 4.69) is 0 Å². The van der Waals surface area contributed by atoms with Crippen LogP contribution in [0.15, 0.2) is 33.6 Å². The number of amides is 1. The molecule has 0 aliphatic carbocycles. The molecular formula is C14H13NO5S. The fourth-order valence-corrected chi connectivity index (χ4v) is 2.91. The van der Waals surface area contributed by atoms with Gasteiger partial charge in [-0.05, 0) is 22.4 Å². The van der Waals surface area contributed by atoms with Gasteiger partial charge in [-0.1, -0.05) is 0 Å². The lowest BCUT2D eigenvalue weighted by Crippen LogP contribution is -2.42. The molecule has 0 saturated carbocycles. The van der Waals surface area contributed by atoms with Crippen molar-refractivity contribution in [3.63, 3.8) is 0 Å². The fourth-order valence-electron chi connectivity index (χ4n) is 2.21. The van der Waals surface area contributed by atoms with Gasteiger partial charge in [-0.15, -0.1) is 0 Å². The highest BCUT2D eigenvalue weighted by Gasteiger charge is 2.28. The van der Waals surface area contributed by atoms with Gasteiger partial charge in [0, 0.05) is 12.6 Å². The summed E-state index contributed by atoms with van der Waals surface area (Å²) in [5, 5.41) is 12.8. The highest BCUT2D eigenvalue weighted by Crippen LogP contribution is 2.25. The summed E-state index contributed by atoms with van der Waals surface area (Å²) in [6, 6.07) is 3.22. The van der Waals surface area contributed by atoms with Crippen molar-refractivity contribution >= 4 is 23.2 Å². The van der Waals surface area contributed by atoms with Crippen molar-refractivity contribution in [3.8, 4) is 0 Å². The molecule has 1 unspecified atom stereocenters. The van der Waals surface area contributed by atoms with Crippen LogP contribution in [-0.2, 0) is 4.74 Å². The maximum atomic E-state index is 12.3. The van der Waals surface area contributed by atoms with E-state index in [4.69, 9.17) is 14.3 Å². The number of carboxylic acid groups (broad SMARTS) is 1. The van der Waals surface area contributed by atoms with Crippen molar-refractivity contribution in [1.82, 2.24) is 4.90 Å². The van der Waals surface area contributed by atoms with E-state index in [9.17, 15) is 9.59 Å². The van der Waals surface area contributed by atoms with Crippen LogP contribution in [0, 0.1) is 0 Å². The Balaban J connectivity index is 1.73. The van der Waals surface area contributed by atoms with Crippen molar-refractivity contribution in [2.75, 3.05) is 19.7 Å². The number of morpholine rings is 1. The van der Waals surface area contributed by atoms with Gasteiger partial charge < -0.3 is 19.2 Å². The van der Waals surface area contributed by atoms with Gasteiger partial charge >= 0.3 is 5.97 Å². The zero-order chi connectivity index (χ0) is 14.8. The molecule has 1 saturated heterocycles. The molecule has 110 valence electrons. The molecule has 7 heteroatoms. The van der Waals surface area contributed by atoms with Crippen molar-refractivity contribution in [2.24, 2.45) is 0 Å². The topological polar surface area (TPSA) is 80.0 Å². The quantitative estimate of drug-likeness (QED) is 0.940. The predicted octanol–water partition coefficient (Wildman–Crippen LogP) is 2.25. The second kappa shape index (κ2) is 5.71. The van der Waals surface area contributed by atoms with Crippen LogP contribution in [0.4, 0.5) is 0 Å². The molecule has 0 bridgehead atoms. The van der Waals surface area contributed by atoms with Gasteiger partial charge in [0.15, 0.2) is 5.76 Å².